The van der Waals surface area contributed by atoms with Gasteiger partial charge < -0.3 is 5.11 Å². The van der Waals surface area contributed by atoms with Gasteiger partial charge in [-0.25, -0.2) is 0 Å². The van der Waals surface area contributed by atoms with Gasteiger partial charge >= 0.3 is 50.1 Å². The van der Waals surface area contributed by atoms with Crippen molar-refractivity contribution in [2.24, 2.45) is 0 Å². The fraction of sp³-hybridized carbons (Fsp3) is 0.800. The predicted octanol–water partition coefficient (Wildman–Crippen LogP) is -0.134. The summed E-state index contributed by atoms with van der Waals surface area (Å²) < 4.78 is 9.01. The minimum absolute atomic E-state index is 0.253. The molecule has 0 aromatic carbocycles. The topological polar surface area (TPSA) is 77.8 Å². The van der Waals surface area contributed by atoms with Crippen molar-refractivity contribution < 1.29 is 43.1 Å². The van der Waals surface area contributed by atoms with Gasteiger partial charge in [-0.3, -0.25) is 4.79 Å². The number of hydrogen-bond donors (Lipinski definition) is 3. The Labute approximate surface area is 73.0 Å². The van der Waals surface area contributed by atoms with Crippen LogP contribution in [0, 0.1) is 0 Å². The number of aliphatic hydroxyl groups excluding tert-OH is 1. The van der Waals surface area contributed by atoms with Crippen LogP contribution in [0.1, 0.15) is 13.8 Å². The Bertz CT molecular complexity index is 79.7. The van der Waals surface area contributed by atoms with Crippen LogP contribution < -0.4 is 0 Å². The van der Waals surface area contributed by atoms with Crippen LogP contribution in [0.2, 0.25) is 3.93 Å². The van der Waals surface area contributed by atoms with E-state index < -0.39 is 31.0 Å². The molecule has 0 saturated heterocycles. The second kappa shape index (κ2) is 9.33. The summed E-state index contributed by atoms with van der Waals surface area (Å²) in [7, 11) is 0. The first-order chi connectivity index (χ1) is 4.50. The molecule has 0 heterocycles. The first kappa shape index (κ1) is 13.0. The van der Waals surface area contributed by atoms with Crippen molar-refractivity contribution in [3.05, 3.63) is 0 Å². The van der Waals surface area contributed by atoms with Crippen LogP contribution >= 0.6 is 0 Å². The van der Waals surface area contributed by atoms with Gasteiger partial charge in [0, 0.05) is 6.92 Å². The number of hydrogen-bond acceptors (Lipinski definition) is 3. The molecule has 58 valence electrons. The molecule has 0 aliphatic rings. The molecule has 0 aliphatic heterocycles. The predicted molar refractivity (Wildman–Crippen MR) is 32.0 cm³/mol. The molecule has 0 spiro atoms. The van der Waals surface area contributed by atoms with Crippen LogP contribution in [0.4, 0.5) is 0 Å². The summed E-state index contributed by atoms with van der Waals surface area (Å²) in [5, 5.41) is 15.9. The first-order valence-corrected chi connectivity index (χ1v) is 9.33. The third-order valence-electron chi connectivity index (χ3n) is 0.547. The van der Waals surface area contributed by atoms with Gasteiger partial charge in [-0.15, -0.1) is 0 Å². The molecule has 5 heteroatoms. The van der Waals surface area contributed by atoms with Crippen molar-refractivity contribution in [1.82, 2.24) is 0 Å². The van der Waals surface area contributed by atoms with E-state index in [4.69, 9.17) is 18.0 Å². The maximum atomic E-state index is 9.00. The quantitative estimate of drug-likeness (QED) is 0.614. The molecule has 0 amide bonds. The summed E-state index contributed by atoms with van der Waals surface area (Å²) in [4.78, 5) is 9.00. The van der Waals surface area contributed by atoms with Crippen LogP contribution in [0.25, 0.3) is 0 Å². The summed E-state index contributed by atoms with van der Waals surface area (Å²) in [6.45, 7) is 2.79. The number of carboxylic acid groups (broad SMARTS) is 1. The van der Waals surface area contributed by atoms with Gasteiger partial charge in [-0.2, -0.15) is 0 Å². The van der Waals surface area contributed by atoms with E-state index in [0.717, 1.165) is 6.92 Å². The van der Waals surface area contributed by atoms with Crippen molar-refractivity contribution >= 4 is 5.97 Å². The molecular weight excluding hydrogens is 325 g/mol. The Morgan fingerprint density at radius 2 is 2.00 bits per heavy atom. The Hall–Kier alpha value is 0.325. The second-order valence-electron chi connectivity index (χ2n) is 1.88. The molecule has 0 fully saturated rings. The van der Waals surface area contributed by atoms with E-state index in [-0.39, 0.29) is 6.10 Å². The molecule has 0 aromatic rings. The zero-order valence-corrected chi connectivity index (χ0v) is 11.7. The zero-order chi connectivity index (χ0) is 8.57. The van der Waals surface area contributed by atoms with Crippen molar-refractivity contribution in [3.63, 3.8) is 0 Å². The van der Waals surface area contributed by atoms with E-state index in [1.807, 2.05) is 0 Å². The van der Waals surface area contributed by atoms with E-state index in [2.05, 4.69) is 0 Å². The number of aliphatic hydroxyl groups is 1. The monoisotopic (exact) mass is 338 g/mol. The summed E-state index contributed by atoms with van der Waals surface area (Å²) >= 11 is -1.46. The zero-order valence-electron chi connectivity index (χ0n) is 6.24. The average Bonchev–Trinajstić information content (AvgIpc) is 1.62. The Balaban J connectivity index is 0. The van der Waals surface area contributed by atoms with Crippen molar-refractivity contribution in [2.45, 2.75) is 23.9 Å². The Kier molecular flexibility index (Phi) is 12.1. The van der Waals surface area contributed by atoms with Gasteiger partial charge in [0.2, 0.25) is 0 Å². The molecule has 4 nitrogen and oxygen atoms in total. The maximum absolute atomic E-state index is 9.00. The molecule has 0 aromatic heterocycles. The van der Waals surface area contributed by atoms with Crippen LogP contribution in [-0.2, 0) is 29.8 Å². The fourth-order valence-corrected chi connectivity index (χ4v) is 1.64. The van der Waals surface area contributed by atoms with Crippen LogP contribution in [0.5, 0.6) is 0 Å². The molecular formula is C5H12HgO4. The van der Waals surface area contributed by atoms with Gasteiger partial charge in [0.05, 0.1) is 0 Å². The first-order valence-electron chi connectivity index (χ1n) is 2.99. The van der Waals surface area contributed by atoms with Crippen molar-refractivity contribution in [3.8, 4) is 0 Å². The van der Waals surface area contributed by atoms with E-state index >= 15 is 0 Å². The van der Waals surface area contributed by atoms with Gasteiger partial charge in [-0.1, -0.05) is 0 Å². The van der Waals surface area contributed by atoms with Gasteiger partial charge in [0.15, 0.2) is 0 Å². The molecule has 0 aliphatic carbocycles. The standard InChI is InChI=1S/C3H7O.C2H4O2.Hg.H2O/c1-3(2)4;1-2(3)4;;/h3-4H,1H2,2H3;1H3,(H,3,4);;1H2/q;;+1;/p-1. The molecule has 0 bridgehead atoms. The molecule has 1 atom stereocenters. The molecule has 0 rings (SSSR count). The van der Waals surface area contributed by atoms with Gasteiger partial charge in [-0.05, 0) is 0 Å². The van der Waals surface area contributed by atoms with Crippen LogP contribution in [-0.4, -0.2) is 25.3 Å². The molecule has 10 heavy (non-hydrogen) atoms. The Morgan fingerprint density at radius 3 is 2.00 bits per heavy atom. The van der Waals surface area contributed by atoms with Crippen molar-refractivity contribution in [2.75, 3.05) is 0 Å². The van der Waals surface area contributed by atoms with Crippen molar-refractivity contribution in [1.29, 1.82) is 0 Å². The summed E-state index contributed by atoms with van der Waals surface area (Å²) in [5.74, 6) is -0.833. The van der Waals surface area contributed by atoms with Crippen LogP contribution in [0.3, 0.4) is 0 Å². The summed E-state index contributed by atoms with van der Waals surface area (Å²) in [5.41, 5.74) is 0. The normalized spacial score (nSPS) is 10.4. The summed E-state index contributed by atoms with van der Waals surface area (Å²) in [6, 6.07) is 0. The SMILES string of the molecule is CC(=O)O.CC(O)[CH2][Hg][OH]. The number of carboxylic acids is 1. The molecule has 0 radical (unpaired) electrons. The summed E-state index contributed by atoms with van der Waals surface area (Å²) in [6.07, 6.45) is -0.253. The minimum atomic E-state index is -1.46. The van der Waals surface area contributed by atoms with Gasteiger partial charge in [0.25, 0.3) is 5.97 Å². The third-order valence-corrected chi connectivity index (χ3v) is 4.80. The molecule has 0 saturated carbocycles. The fourth-order valence-electron chi connectivity index (χ4n) is 0.187. The van der Waals surface area contributed by atoms with E-state index in [1.54, 1.807) is 6.92 Å². The van der Waals surface area contributed by atoms with E-state index in [0.29, 0.717) is 3.93 Å². The number of carbonyl (C=O) groups is 1. The van der Waals surface area contributed by atoms with Crippen LogP contribution in [0.15, 0.2) is 0 Å². The van der Waals surface area contributed by atoms with E-state index in [9.17, 15) is 0 Å². The number of rotatable bonds is 2. The second-order valence-corrected chi connectivity index (χ2v) is 5.86. The van der Waals surface area contributed by atoms with E-state index in [1.165, 1.54) is 0 Å². The molecule has 1 unspecified atom stereocenters. The third kappa shape index (κ3) is 40.4. The average molecular weight is 337 g/mol. The van der Waals surface area contributed by atoms with Gasteiger partial charge in [0.1, 0.15) is 0 Å². The Morgan fingerprint density at radius 1 is 1.70 bits per heavy atom. The molecule has 3 N–H and O–H groups in total. The number of aliphatic carboxylic acids is 1.